The molecule has 13 heteroatoms. The zero-order valence-electron chi connectivity index (χ0n) is 37.7. The molecule has 1 unspecified atom stereocenters. The molecule has 2 bridgehead atoms. The second-order valence-corrected chi connectivity index (χ2v) is 18.7. The van der Waals surface area contributed by atoms with Gasteiger partial charge in [-0.25, -0.2) is 4.79 Å². The number of aliphatic hydroxyl groups is 4. The second kappa shape index (κ2) is 22.9. The SMILES string of the molecule is CO[C@H]1C[C@@H]2CC[C@@H](C)[C@@](O)(O2)C(=O)C(=O)N2CCCC2C(=O)O[C@H]([C@H](C)C[C@@H]2CC[C@@H](O)[C@H](O)C2)CC(=O)[C@H](C)/C=C(\C)[C@@H](O)CC(=O)[C@H](C)C[C@H](C)/C=C/C=C/C=C1C. The minimum Gasteiger partial charge on any atom is -0.460 e. The highest BCUT2D eigenvalue weighted by molar-refractivity contribution is 6.39. The van der Waals surface area contributed by atoms with Crippen LogP contribution in [0.1, 0.15) is 126 Å². The van der Waals surface area contributed by atoms with Crippen LogP contribution in [0.3, 0.4) is 0 Å². The third kappa shape index (κ3) is 13.6. The number of methoxy groups -OCH3 is 1. The number of amides is 1. The normalized spacial score (nSPS) is 40.0. The molecular formula is C48H73NO12. The lowest BCUT2D eigenvalue weighted by atomic mass is 9.78. The maximum Gasteiger partial charge on any atom is 0.329 e. The Labute approximate surface area is 362 Å². The molecule has 1 aliphatic carbocycles. The third-order valence-electron chi connectivity index (χ3n) is 13.6. The summed E-state index contributed by atoms with van der Waals surface area (Å²) in [6, 6.07) is -1.13. The largest absolute Gasteiger partial charge is 0.460 e. The number of hydrogen-bond acceptors (Lipinski definition) is 12. The van der Waals surface area contributed by atoms with Crippen molar-refractivity contribution in [1.29, 1.82) is 0 Å². The van der Waals surface area contributed by atoms with E-state index in [4.69, 9.17) is 14.2 Å². The van der Waals surface area contributed by atoms with E-state index in [-0.39, 0.29) is 61.0 Å². The van der Waals surface area contributed by atoms with Crippen LogP contribution >= 0.6 is 0 Å². The molecule has 13 nitrogen and oxygen atoms in total. The van der Waals surface area contributed by atoms with Crippen LogP contribution in [-0.2, 0) is 38.2 Å². The number of rotatable bonds is 4. The summed E-state index contributed by atoms with van der Waals surface area (Å²) in [7, 11) is 1.57. The molecule has 1 amide bonds. The molecular weight excluding hydrogens is 783 g/mol. The van der Waals surface area contributed by atoms with Crippen LogP contribution in [0, 0.1) is 35.5 Å². The van der Waals surface area contributed by atoms with Crippen molar-refractivity contribution >= 4 is 29.2 Å². The maximum atomic E-state index is 14.1. The van der Waals surface area contributed by atoms with E-state index in [0.29, 0.717) is 63.4 Å². The Morgan fingerprint density at radius 3 is 2.26 bits per heavy atom. The number of Topliss-reactive ketones (excluding diaryl/α,β-unsaturated/α-hetero) is 3. The van der Waals surface area contributed by atoms with Crippen LogP contribution in [0.15, 0.2) is 47.6 Å². The van der Waals surface area contributed by atoms with Gasteiger partial charge in [-0.05, 0) is 101 Å². The number of allylic oxidation sites excluding steroid dienone is 6. The summed E-state index contributed by atoms with van der Waals surface area (Å²) >= 11 is 0. The molecule has 0 aromatic rings. The summed E-state index contributed by atoms with van der Waals surface area (Å²) in [5, 5.41) is 43.4. The topological polar surface area (TPSA) is 197 Å². The molecule has 14 atom stereocenters. The Morgan fingerprint density at radius 2 is 1.57 bits per heavy atom. The van der Waals surface area contributed by atoms with Crippen molar-refractivity contribution in [2.75, 3.05) is 13.7 Å². The first-order valence-electron chi connectivity index (χ1n) is 22.5. The average Bonchev–Trinajstić information content (AvgIpc) is 3.71. The van der Waals surface area contributed by atoms with Crippen molar-refractivity contribution in [2.45, 2.75) is 174 Å². The molecule has 4 aliphatic rings. The maximum absolute atomic E-state index is 14.1. The number of carbonyl (C=O) groups is 5. The molecule has 0 radical (unpaired) electrons. The summed E-state index contributed by atoms with van der Waals surface area (Å²) in [6.45, 7) is 12.8. The average molecular weight is 856 g/mol. The zero-order chi connectivity index (χ0) is 45.2. The van der Waals surface area contributed by atoms with E-state index in [0.717, 1.165) is 10.5 Å². The highest BCUT2D eigenvalue weighted by atomic mass is 16.6. The van der Waals surface area contributed by atoms with Crippen LogP contribution in [-0.4, -0.2) is 117 Å². The fraction of sp³-hybridized carbons (Fsp3) is 0.729. The number of aliphatic hydroxyl groups excluding tert-OH is 3. The van der Waals surface area contributed by atoms with E-state index >= 15 is 0 Å². The van der Waals surface area contributed by atoms with E-state index < -0.39 is 77.9 Å². The van der Waals surface area contributed by atoms with Crippen molar-refractivity contribution in [3.05, 3.63) is 47.6 Å². The minimum absolute atomic E-state index is 0.00522. The Bertz CT molecular complexity index is 1670. The van der Waals surface area contributed by atoms with E-state index in [1.54, 1.807) is 34.0 Å². The van der Waals surface area contributed by atoms with Gasteiger partial charge in [0.1, 0.15) is 23.7 Å². The van der Waals surface area contributed by atoms with E-state index in [9.17, 15) is 44.4 Å². The van der Waals surface area contributed by atoms with Gasteiger partial charge in [-0.3, -0.25) is 19.2 Å². The lowest BCUT2D eigenvalue weighted by Crippen LogP contribution is -2.59. The Morgan fingerprint density at radius 1 is 0.852 bits per heavy atom. The van der Waals surface area contributed by atoms with Crippen molar-refractivity contribution in [2.24, 2.45) is 35.5 Å². The van der Waals surface area contributed by atoms with Crippen molar-refractivity contribution in [3.63, 3.8) is 0 Å². The van der Waals surface area contributed by atoms with Gasteiger partial charge in [-0.1, -0.05) is 71.1 Å². The lowest BCUT2D eigenvalue weighted by Gasteiger charge is -2.41. The van der Waals surface area contributed by atoms with Gasteiger partial charge in [0.05, 0.1) is 30.5 Å². The number of cyclic esters (lactones) is 1. The summed E-state index contributed by atoms with van der Waals surface area (Å²) in [5.74, 6) is -7.70. The van der Waals surface area contributed by atoms with Gasteiger partial charge in [0.15, 0.2) is 0 Å². The van der Waals surface area contributed by atoms with Gasteiger partial charge in [0.2, 0.25) is 5.79 Å². The number of nitrogens with zero attached hydrogens (tertiary/aromatic N) is 1. The molecule has 0 aromatic carbocycles. The van der Waals surface area contributed by atoms with Gasteiger partial charge in [0, 0.05) is 50.7 Å². The van der Waals surface area contributed by atoms with E-state index in [1.807, 2.05) is 58.1 Å². The van der Waals surface area contributed by atoms with E-state index in [1.165, 1.54) is 0 Å². The summed E-state index contributed by atoms with van der Waals surface area (Å²) < 4.78 is 18.0. The number of hydrogen-bond donors (Lipinski definition) is 4. The second-order valence-electron chi connectivity index (χ2n) is 18.7. The molecule has 4 N–H and O–H groups in total. The molecule has 3 heterocycles. The van der Waals surface area contributed by atoms with Gasteiger partial charge in [-0.2, -0.15) is 0 Å². The van der Waals surface area contributed by atoms with Gasteiger partial charge in [-0.15, -0.1) is 0 Å². The molecule has 0 aromatic heterocycles. The Hall–Kier alpha value is -3.33. The van der Waals surface area contributed by atoms with Crippen LogP contribution in [0.2, 0.25) is 0 Å². The standard InChI is InChI=1S/C48H73NO12/c1-28-13-10-9-11-14-29(2)43(59-8)25-36-18-16-34(7)48(58,61-36)45(55)46(56)49-20-12-15-37(49)47(57)60-44(33(6)23-35-17-19-38(50)42(54)24-35)27-41(53)32(5)22-31(4)40(52)26-39(51)30(3)21-28/h9-11,13-14,22,28,30,32-38,40,42-44,50,52,54,58H,12,15-21,23-27H2,1-8H3/b11-9+,13-10+,29-14?,31-22+/t28-,30-,32-,33-,34-,35+,36+,37?,38-,40+,42-,43+,44+,48-/m1/s1. The highest BCUT2D eigenvalue weighted by Gasteiger charge is 2.53. The molecule has 3 aliphatic heterocycles. The summed E-state index contributed by atoms with van der Waals surface area (Å²) in [6.07, 6.45) is 10.7. The molecule has 2 saturated heterocycles. The van der Waals surface area contributed by atoms with Crippen molar-refractivity contribution in [1.82, 2.24) is 4.90 Å². The number of ketones is 3. The smallest absolute Gasteiger partial charge is 0.329 e. The molecule has 1 saturated carbocycles. The Kier molecular flexibility index (Phi) is 18.8. The minimum atomic E-state index is -2.42. The summed E-state index contributed by atoms with van der Waals surface area (Å²) in [5.41, 5.74) is 1.37. The van der Waals surface area contributed by atoms with E-state index in [2.05, 4.69) is 0 Å². The fourth-order valence-corrected chi connectivity index (χ4v) is 9.38. The lowest BCUT2D eigenvalue weighted by molar-refractivity contribution is -0.265. The molecule has 4 rings (SSSR count). The fourth-order valence-electron chi connectivity index (χ4n) is 9.38. The predicted molar refractivity (Wildman–Crippen MR) is 230 cm³/mol. The monoisotopic (exact) mass is 856 g/mol. The molecule has 3 fully saturated rings. The third-order valence-corrected chi connectivity index (χ3v) is 13.6. The number of carbonyl (C=O) groups excluding carboxylic acids is 5. The Balaban J connectivity index is 1.64. The number of ether oxygens (including phenoxy) is 3. The van der Waals surface area contributed by atoms with Crippen LogP contribution < -0.4 is 0 Å². The molecule has 342 valence electrons. The van der Waals surface area contributed by atoms with Crippen LogP contribution in [0.5, 0.6) is 0 Å². The van der Waals surface area contributed by atoms with Crippen molar-refractivity contribution in [3.8, 4) is 0 Å². The quantitative estimate of drug-likeness (QED) is 0.158. The molecule has 61 heavy (non-hydrogen) atoms. The van der Waals surface area contributed by atoms with Gasteiger partial charge < -0.3 is 39.5 Å². The van der Waals surface area contributed by atoms with Crippen LogP contribution in [0.4, 0.5) is 0 Å². The highest BCUT2D eigenvalue weighted by Crippen LogP contribution is 2.37. The summed E-state index contributed by atoms with van der Waals surface area (Å²) in [4.78, 5) is 70.3. The number of fused-ring (bicyclic) bond motifs is 3. The van der Waals surface area contributed by atoms with Gasteiger partial charge in [0.25, 0.3) is 11.7 Å². The van der Waals surface area contributed by atoms with Crippen molar-refractivity contribution < 1.29 is 58.6 Å². The molecule has 0 spiro atoms. The van der Waals surface area contributed by atoms with Crippen LogP contribution in [0.25, 0.3) is 0 Å². The predicted octanol–water partition coefficient (Wildman–Crippen LogP) is 5.51. The number of esters is 1. The zero-order valence-corrected chi connectivity index (χ0v) is 37.7. The first-order chi connectivity index (χ1) is 28.7. The first-order valence-corrected chi connectivity index (χ1v) is 22.5. The first kappa shape index (κ1) is 50.3. The van der Waals surface area contributed by atoms with Gasteiger partial charge >= 0.3 is 5.97 Å².